The van der Waals surface area contributed by atoms with Crippen LogP contribution in [-0.2, 0) is 18.1 Å². The Hall–Kier alpha value is -2.64. The minimum absolute atomic E-state index is 0.204. The summed E-state index contributed by atoms with van der Waals surface area (Å²) in [6, 6.07) is 15.0. The molecule has 0 saturated heterocycles. The Morgan fingerprint density at radius 1 is 1.23 bits per heavy atom. The van der Waals surface area contributed by atoms with Crippen LogP contribution in [0.25, 0.3) is 0 Å². The van der Waals surface area contributed by atoms with Crippen LogP contribution in [0, 0.1) is 0 Å². The second-order valence-corrected chi connectivity index (χ2v) is 6.41. The standard InChI is InChI=1S/C19H18BrN3O3/c1-25-13-23-11-16(10-21-23)22-19(24)15-6-4-5-14(9-15)12-26-18-8-3-2-7-17(18)20/h2-11H,12-13H2,1H3,(H,22,24). The molecule has 0 spiro atoms. The van der Waals surface area contributed by atoms with Gasteiger partial charge in [-0.2, -0.15) is 5.10 Å². The molecule has 1 aromatic heterocycles. The van der Waals surface area contributed by atoms with Crippen LogP contribution in [0.15, 0.2) is 65.4 Å². The SMILES string of the molecule is COCn1cc(NC(=O)c2cccc(COc3ccccc3Br)c2)cn1. The zero-order chi connectivity index (χ0) is 18.4. The Kier molecular flexibility index (Phi) is 6.04. The molecule has 1 N–H and O–H groups in total. The summed E-state index contributed by atoms with van der Waals surface area (Å²) in [5.74, 6) is 0.553. The molecule has 6 nitrogen and oxygen atoms in total. The summed E-state index contributed by atoms with van der Waals surface area (Å²) < 4.78 is 13.3. The van der Waals surface area contributed by atoms with Gasteiger partial charge in [0.1, 0.15) is 19.1 Å². The van der Waals surface area contributed by atoms with Gasteiger partial charge in [-0.25, -0.2) is 4.68 Å². The van der Waals surface area contributed by atoms with E-state index in [1.165, 1.54) is 0 Å². The van der Waals surface area contributed by atoms with Gasteiger partial charge in [-0.15, -0.1) is 0 Å². The fourth-order valence-corrected chi connectivity index (χ4v) is 2.76. The largest absolute Gasteiger partial charge is 0.488 e. The number of rotatable bonds is 7. The predicted octanol–water partition coefficient (Wildman–Crippen LogP) is 4.08. The third-order valence-electron chi connectivity index (χ3n) is 3.57. The highest BCUT2D eigenvalue weighted by Crippen LogP contribution is 2.24. The lowest BCUT2D eigenvalue weighted by Gasteiger charge is -2.09. The average molecular weight is 416 g/mol. The first kappa shape index (κ1) is 18.2. The number of nitrogens with one attached hydrogen (secondary N) is 1. The van der Waals surface area contributed by atoms with E-state index in [9.17, 15) is 4.79 Å². The summed E-state index contributed by atoms with van der Waals surface area (Å²) in [6.07, 6.45) is 3.29. The van der Waals surface area contributed by atoms with Crippen molar-refractivity contribution in [3.05, 3.63) is 76.5 Å². The molecule has 2 aromatic carbocycles. The summed E-state index contributed by atoms with van der Waals surface area (Å²) >= 11 is 3.45. The molecule has 3 aromatic rings. The maximum absolute atomic E-state index is 12.4. The molecule has 0 fully saturated rings. The molecule has 1 heterocycles. The second-order valence-electron chi connectivity index (χ2n) is 5.56. The molecule has 0 bridgehead atoms. The van der Waals surface area contributed by atoms with Gasteiger partial charge in [0.15, 0.2) is 0 Å². The van der Waals surface area contributed by atoms with Crippen molar-refractivity contribution in [1.82, 2.24) is 9.78 Å². The third-order valence-corrected chi connectivity index (χ3v) is 4.23. The molecule has 0 aliphatic heterocycles. The predicted molar refractivity (Wildman–Crippen MR) is 102 cm³/mol. The Balaban J connectivity index is 1.64. The number of anilines is 1. The van der Waals surface area contributed by atoms with Gasteiger partial charge in [0, 0.05) is 12.7 Å². The molecule has 0 saturated carbocycles. The molecular formula is C19H18BrN3O3. The smallest absolute Gasteiger partial charge is 0.255 e. The van der Waals surface area contributed by atoms with Gasteiger partial charge < -0.3 is 14.8 Å². The molecule has 7 heteroatoms. The Labute approximate surface area is 159 Å². The summed E-state index contributed by atoms with van der Waals surface area (Å²) in [7, 11) is 1.58. The van der Waals surface area contributed by atoms with E-state index >= 15 is 0 Å². The van der Waals surface area contributed by atoms with E-state index in [-0.39, 0.29) is 5.91 Å². The molecule has 0 aliphatic rings. The molecule has 0 aliphatic carbocycles. The number of para-hydroxylation sites is 1. The van der Waals surface area contributed by atoms with Crippen molar-refractivity contribution in [3.63, 3.8) is 0 Å². The monoisotopic (exact) mass is 415 g/mol. The number of ether oxygens (including phenoxy) is 2. The first-order valence-corrected chi connectivity index (χ1v) is 8.74. The number of benzene rings is 2. The number of aromatic nitrogens is 2. The van der Waals surface area contributed by atoms with Crippen LogP contribution in [0.4, 0.5) is 5.69 Å². The Morgan fingerprint density at radius 2 is 2.08 bits per heavy atom. The van der Waals surface area contributed by atoms with Gasteiger partial charge in [0.2, 0.25) is 0 Å². The van der Waals surface area contributed by atoms with Crippen LogP contribution in [0.1, 0.15) is 15.9 Å². The number of carbonyl (C=O) groups excluding carboxylic acids is 1. The van der Waals surface area contributed by atoms with E-state index in [4.69, 9.17) is 9.47 Å². The topological polar surface area (TPSA) is 65.4 Å². The first-order valence-electron chi connectivity index (χ1n) is 7.95. The fraction of sp³-hybridized carbons (Fsp3) is 0.158. The van der Waals surface area contributed by atoms with Crippen molar-refractivity contribution in [2.24, 2.45) is 0 Å². The van der Waals surface area contributed by atoms with Crippen LogP contribution in [0.3, 0.4) is 0 Å². The maximum Gasteiger partial charge on any atom is 0.255 e. The van der Waals surface area contributed by atoms with E-state index in [1.807, 2.05) is 42.5 Å². The zero-order valence-electron chi connectivity index (χ0n) is 14.2. The second kappa shape index (κ2) is 8.64. The van der Waals surface area contributed by atoms with E-state index in [0.717, 1.165) is 15.8 Å². The molecule has 1 amide bonds. The molecule has 0 unspecified atom stereocenters. The molecule has 3 rings (SSSR count). The van der Waals surface area contributed by atoms with Crippen LogP contribution >= 0.6 is 15.9 Å². The number of amides is 1. The number of carbonyl (C=O) groups is 1. The molecular weight excluding hydrogens is 398 g/mol. The maximum atomic E-state index is 12.4. The van der Waals surface area contributed by atoms with E-state index in [2.05, 4.69) is 26.3 Å². The minimum Gasteiger partial charge on any atom is -0.488 e. The van der Waals surface area contributed by atoms with Crippen LogP contribution < -0.4 is 10.1 Å². The van der Waals surface area contributed by atoms with Crippen molar-refractivity contribution in [2.75, 3.05) is 12.4 Å². The van der Waals surface area contributed by atoms with E-state index in [0.29, 0.717) is 24.6 Å². The first-order chi connectivity index (χ1) is 12.7. The highest BCUT2D eigenvalue weighted by molar-refractivity contribution is 9.10. The van der Waals surface area contributed by atoms with Gasteiger partial charge in [-0.3, -0.25) is 4.79 Å². The highest BCUT2D eigenvalue weighted by atomic mass is 79.9. The minimum atomic E-state index is -0.204. The molecule has 0 radical (unpaired) electrons. The average Bonchev–Trinajstić information content (AvgIpc) is 3.08. The lowest BCUT2D eigenvalue weighted by atomic mass is 10.1. The van der Waals surface area contributed by atoms with Crippen molar-refractivity contribution in [1.29, 1.82) is 0 Å². The van der Waals surface area contributed by atoms with Gasteiger partial charge in [-0.1, -0.05) is 24.3 Å². The van der Waals surface area contributed by atoms with E-state index in [1.54, 1.807) is 30.3 Å². The van der Waals surface area contributed by atoms with Gasteiger partial charge in [0.05, 0.1) is 22.6 Å². The Bertz CT molecular complexity index is 895. The normalized spacial score (nSPS) is 10.5. The lowest BCUT2D eigenvalue weighted by molar-refractivity contribution is 0.102. The lowest BCUT2D eigenvalue weighted by Crippen LogP contribution is -2.12. The van der Waals surface area contributed by atoms with Crippen molar-refractivity contribution in [2.45, 2.75) is 13.3 Å². The number of hydrogen-bond donors (Lipinski definition) is 1. The number of methoxy groups -OCH3 is 1. The Morgan fingerprint density at radius 3 is 2.88 bits per heavy atom. The molecule has 134 valence electrons. The summed E-state index contributed by atoms with van der Waals surface area (Å²) in [4.78, 5) is 12.4. The van der Waals surface area contributed by atoms with Crippen molar-refractivity contribution >= 4 is 27.5 Å². The number of hydrogen-bond acceptors (Lipinski definition) is 4. The molecule has 26 heavy (non-hydrogen) atoms. The van der Waals surface area contributed by atoms with Gasteiger partial charge in [-0.05, 0) is 45.8 Å². The summed E-state index contributed by atoms with van der Waals surface area (Å²) in [5.41, 5.74) is 2.07. The van der Waals surface area contributed by atoms with Crippen LogP contribution in [0.5, 0.6) is 5.75 Å². The van der Waals surface area contributed by atoms with Crippen LogP contribution in [0.2, 0.25) is 0 Å². The summed E-state index contributed by atoms with van der Waals surface area (Å²) in [6.45, 7) is 0.702. The van der Waals surface area contributed by atoms with Crippen molar-refractivity contribution in [3.8, 4) is 5.75 Å². The zero-order valence-corrected chi connectivity index (χ0v) is 15.8. The quantitative estimate of drug-likeness (QED) is 0.631. The molecule has 0 atom stereocenters. The van der Waals surface area contributed by atoms with Crippen molar-refractivity contribution < 1.29 is 14.3 Å². The van der Waals surface area contributed by atoms with Gasteiger partial charge in [0.25, 0.3) is 5.91 Å². The van der Waals surface area contributed by atoms with Crippen LogP contribution in [-0.4, -0.2) is 22.8 Å². The fourth-order valence-electron chi connectivity index (χ4n) is 2.36. The number of halogens is 1. The highest BCUT2D eigenvalue weighted by Gasteiger charge is 2.09. The van der Waals surface area contributed by atoms with E-state index < -0.39 is 0 Å². The van der Waals surface area contributed by atoms with Gasteiger partial charge >= 0.3 is 0 Å². The number of nitrogens with zero attached hydrogens (tertiary/aromatic N) is 2. The third kappa shape index (κ3) is 4.71. The summed E-state index contributed by atoms with van der Waals surface area (Å²) in [5, 5.41) is 6.91.